The molecule has 2 aromatic rings. The molecule has 0 saturated carbocycles. The fraction of sp³-hybridized carbons (Fsp3) is 0.421. The molecule has 2 heterocycles. The zero-order chi connectivity index (χ0) is 17.8. The maximum Gasteiger partial charge on any atom is 0.244 e. The highest BCUT2D eigenvalue weighted by molar-refractivity contribution is 5.83. The van der Waals surface area contributed by atoms with Crippen molar-refractivity contribution >= 4 is 5.91 Å². The van der Waals surface area contributed by atoms with E-state index in [2.05, 4.69) is 14.9 Å². The third-order valence-corrected chi connectivity index (χ3v) is 4.43. The first-order chi connectivity index (χ1) is 12.1. The van der Waals surface area contributed by atoms with Gasteiger partial charge in [-0.1, -0.05) is 30.3 Å². The number of aromatic nitrogens is 2. The molecule has 0 saturated heterocycles. The van der Waals surface area contributed by atoms with Gasteiger partial charge in [0.25, 0.3) is 0 Å². The fourth-order valence-electron chi connectivity index (χ4n) is 3.21. The van der Waals surface area contributed by atoms with Crippen LogP contribution in [0, 0.1) is 0 Å². The first kappa shape index (κ1) is 17.4. The van der Waals surface area contributed by atoms with Crippen LogP contribution in [0.3, 0.4) is 0 Å². The van der Waals surface area contributed by atoms with Gasteiger partial charge in [0.05, 0.1) is 12.3 Å². The second-order valence-corrected chi connectivity index (χ2v) is 6.30. The molecule has 0 aliphatic carbocycles. The fourth-order valence-corrected chi connectivity index (χ4v) is 3.21. The molecule has 0 spiro atoms. The van der Waals surface area contributed by atoms with Gasteiger partial charge >= 0.3 is 0 Å². The minimum absolute atomic E-state index is 0.0736. The summed E-state index contributed by atoms with van der Waals surface area (Å²) >= 11 is 0. The van der Waals surface area contributed by atoms with Gasteiger partial charge in [-0.05, 0) is 12.5 Å². The van der Waals surface area contributed by atoms with Crippen LogP contribution in [-0.4, -0.2) is 52.9 Å². The van der Waals surface area contributed by atoms with Crippen molar-refractivity contribution in [1.82, 2.24) is 19.8 Å². The smallest absolute Gasteiger partial charge is 0.244 e. The average Bonchev–Trinajstić information content (AvgIpc) is 2.63. The van der Waals surface area contributed by atoms with E-state index in [4.69, 9.17) is 4.74 Å². The number of likely N-dealkylation sites (N-methyl/N-ethyl adjacent to an activating group) is 1. The van der Waals surface area contributed by atoms with E-state index in [1.807, 2.05) is 37.3 Å². The van der Waals surface area contributed by atoms with Crippen molar-refractivity contribution in [1.29, 1.82) is 0 Å². The summed E-state index contributed by atoms with van der Waals surface area (Å²) in [4.78, 5) is 25.4. The Balaban J connectivity index is 1.95. The van der Waals surface area contributed by atoms with E-state index in [0.717, 1.165) is 29.8 Å². The minimum atomic E-state index is -0.320. The molecule has 3 rings (SSSR count). The normalized spacial score (nSPS) is 15.3. The Kier molecular flexibility index (Phi) is 5.28. The molecule has 1 aliphatic rings. The third kappa shape index (κ3) is 3.64. The van der Waals surface area contributed by atoms with Crippen LogP contribution in [0.15, 0.2) is 36.7 Å². The number of carbonyl (C=O) groups is 1. The van der Waals surface area contributed by atoms with E-state index in [1.54, 1.807) is 25.3 Å². The number of amides is 1. The van der Waals surface area contributed by atoms with Gasteiger partial charge in [-0.3, -0.25) is 9.69 Å². The van der Waals surface area contributed by atoms with E-state index in [1.165, 1.54) is 0 Å². The second kappa shape index (κ2) is 7.61. The molecular weight excluding hydrogens is 316 g/mol. The summed E-state index contributed by atoms with van der Waals surface area (Å²) in [5, 5.41) is 0. The number of carbonyl (C=O) groups excluding carboxylic acids is 1. The molecule has 25 heavy (non-hydrogen) atoms. The lowest BCUT2D eigenvalue weighted by Crippen LogP contribution is -2.42. The highest BCUT2D eigenvalue weighted by Gasteiger charge is 2.33. The average molecular weight is 340 g/mol. The van der Waals surface area contributed by atoms with Crippen molar-refractivity contribution in [3.8, 4) is 5.88 Å². The van der Waals surface area contributed by atoms with E-state index < -0.39 is 0 Å². The summed E-state index contributed by atoms with van der Waals surface area (Å²) in [5.74, 6) is 0.700. The Morgan fingerprint density at radius 1 is 1.28 bits per heavy atom. The number of rotatable bonds is 5. The van der Waals surface area contributed by atoms with Crippen molar-refractivity contribution in [3.05, 3.63) is 53.5 Å². The van der Waals surface area contributed by atoms with Crippen LogP contribution in [0.5, 0.6) is 5.88 Å². The SMILES string of the molecule is CCOc1ncnc2c1CN([C@H](C(=O)N(C)C)c1ccccc1)CC2. The lowest BCUT2D eigenvalue weighted by Gasteiger charge is -2.36. The van der Waals surface area contributed by atoms with Crippen LogP contribution < -0.4 is 4.74 Å². The van der Waals surface area contributed by atoms with E-state index in [-0.39, 0.29) is 11.9 Å². The van der Waals surface area contributed by atoms with Gasteiger partial charge in [0.15, 0.2) is 0 Å². The van der Waals surface area contributed by atoms with Crippen molar-refractivity contribution in [2.45, 2.75) is 25.9 Å². The molecular formula is C19H24N4O2. The predicted octanol–water partition coefficient (Wildman–Crippen LogP) is 2.06. The summed E-state index contributed by atoms with van der Waals surface area (Å²) in [6.07, 6.45) is 2.33. The Morgan fingerprint density at radius 2 is 2.04 bits per heavy atom. The van der Waals surface area contributed by atoms with Gasteiger partial charge in [-0.25, -0.2) is 9.97 Å². The Bertz CT molecular complexity index is 733. The summed E-state index contributed by atoms with van der Waals surface area (Å²) in [5.41, 5.74) is 3.00. The quantitative estimate of drug-likeness (QED) is 0.834. The molecule has 0 radical (unpaired) electrons. The Labute approximate surface area is 148 Å². The molecule has 0 fully saturated rings. The van der Waals surface area contributed by atoms with Crippen LogP contribution in [-0.2, 0) is 17.8 Å². The van der Waals surface area contributed by atoms with Crippen molar-refractivity contribution in [2.24, 2.45) is 0 Å². The van der Waals surface area contributed by atoms with Gasteiger partial charge < -0.3 is 9.64 Å². The lowest BCUT2D eigenvalue weighted by molar-refractivity contribution is -0.135. The zero-order valence-corrected chi connectivity index (χ0v) is 15.0. The highest BCUT2D eigenvalue weighted by atomic mass is 16.5. The van der Waals surface area contributed by atoms with E-state index >= 15 is 0 Å². The standard InChI is InChI=1S/C19H24N4O2/c1-4-25-18-15-12-23(11-10-16(15)20-13-21-18)17(19(24)22(2)3)14-8-6-5-7-9-14/h5-9,13,17H,4,10-12H2,1-3H3/t17-/m0/s1. The molecule has 1 amide bonds. The minimum Gasteiger partial charge on any atom is -0.478 e. The monoisotopic (exact) mass is 340 g/mol. The van der Waals surface area contributed by atoms with Crippen molar-refractivity contribution in [3.63, 3.8) is 0 Å². The van der Waals surface area contributed by atoms with Crippen LogP contribution in [0.4, 0.5) is 0 Å². The molecule has 132 valence electrons. The van der Waals surface area contributed by atoms with E-state index in [0.29, 0.717) is 19.0 Å². The lowest BCUT2D eigenvalue weighted by atomic mass is 9.99. The van der Waals surface area contributed by atoms with E-state index in [9.17, 15) is 4.79 Å². The largest absolute Gasteiger partial charge is 0.478 e. The van der Waals surface area contributed by atoms with Crippen LogP contribution in [0.25, 0.3) is 0 Å². The maximum absolute atomic E-state index is 12.9. The Morgan fingerprint density at radius 3 is 2.72 bits per heavy atom. The molecule has 1 atom stereocenters. The molecule has 0 bridgehead atoms. The third-order valence-electron chi connectivity index (χ3n) is 4.43. The number of benzene rings is 1. The first-order valence-corrected chi connectivity index (χ1v) is 8.57. The maximum atomic E-state index is 12.9. The zero-order valence-electron chi connectivity index (χ0n) is 15.0. The molecule has 0 N–H and O–H groups in total. The number of hydrogen-bond acceptors (Lipinski definition) is 5. The van der Waals surface area contributed by atoms with Gasteiger partial charge in [0.2, 0.25) is 11.8 Å². The van der Waals surface area contributed by atoms with Gasteiger partial charge in [-0.15, -0.1) is 0 Å². The molecule has 1 aliphatic heterocycles. The number of fused-ring (bicyclic) bond motifs is 1. The number of ether oxygens (including phenoxy) is 1. The van der Waals surface area contributed by atoms with Crippen LogP contribution in [0.2, 0.25) is 0 Å². The molecule has 1 aromatic carbocycles. The summed E-state index contributed by atoms with van der Waals surface area (Å²) in [7, 11) is 3.59. The topological polar surface area (TPSA) is 58.6 Å². The molecule has 6 heteroatoms. The van der Waals surface area contributed by atoms with Crippen LogP contribution >= 0.6 is 0 Å². The summed E-state index contributed by atoms with van der Waals surface area (Å²) in [6.45, 7) is 3.87. The second-order valence-electron chi connectivity index (χ2n) is 6.30. The molecule has 1 aromatic heterocycles. The molecule has 0 unspecified atom stereocenters. The summed E-state index contributed by atoms with van der Waals surface area (Å²) in [6, 6.07) is 9.60. The number of hydrogen-bond donors (Lipinski definition) is 0. The number of nitrogens with zero attached hydrogens (tertiary/aromatic N) is 4. The van der Waals surface area contributed by atoms with Crippen LogP contribution in [0.1, 0.15) is 29.8 Å². The first-order valence-electron chi connectivity index (χ1n) is 8.57. The van der Waals surface area contributed by atoms with Gasteiger partial charge in [0, 0.05) is 39.2 Å². The predicted molar refractivity (Wildman–Crippen MR) is 95.2 cm³/mol. The molecule has 6 nitrogen and oxygen atoms in total. The van der Waals surface area contributed by atoms with Gasteiger partial charge in [-0.2, -0.15) is 0 Å². The highest BCUT2D eigenvalue weighted by Crippen LogP contribution is 2.31. The summed E-state index contributed by atoms with van der Waals surface area (Å²) < 4.78 is 5.67. The van der Waals surface area contributed by atoms with Crippen molar-refractivity contribution in [2.75, 3.05) is 27.2 Å². The van der Waals surface area contributed by atoms with Crippen molar-refractivity contribution < 1.29 is 9.53 Å². The van der Waals surface area contributed by atoms with Gasteiger partial charge in [0.1, 0.15) is 12.4 Å². The Hall–Kier alpha value is -2.47.